The van der Waals surface area contributed by atoms with E-state index >= 15 is 0 Å². The molecule has 0 saturated heterocycles. The van der Waals surface area contributed by atoms with Crippen LogP contribution in [0.5, 0.6) is 0 Å². The third kappa shape index (κ3) is 2.21. The van der Waals surface area contributed by atoms with Gasteiger partial charge in [-0.25, -0.2) is 4.68 Å². The third-order valence-corrected chi connectivity index (χ3v) is 4.17. The normalized spacial score (nSPS) is 11.7. The molecule has 0 atom stereocenters. The second-order valence-corrected chi connectivity index (χ2v) is 6.02. The van der Waals surface area contributed by atoms with Gasteiger partial charge in [0.25, 0.3) is 0 Å². The van der Waals surface area contributed by atoms with Crippen molar-refractivity contribution in [3.8, 4) is 5.69 Å². The summed E-state index contributed by atoms with van der Waals surface area (Å²) in [4.78, 5) is 3.30. The summed E-state index contributed by atoms with van der Waals surface area (Å²) < 4.78 is 4.67. The van der Waals surface area contributed by atoms with Crippen LogP contribution >= 0.6 is 12.2 Å². The summed E-state index contributed by atoms with van der Waals surface area (Å²) in [6, 6.07) is 8.57. The Kier molecular flexibility index (Phi) is 3.45. The molecular weight excluding hydrogens is 280 g/mol. The average molecular weight is 300 g/mol. The molecule has 1 N–H and O–H groups in total. The van der Waals surface area contributed by atoms with E-state index in [4.69, 9.17) is 12.2 Å². The Balaban J connectivity index is 2.22. The van der Waals surface area contributed by atoms with Crippen LogP contribution in [0.1, 0.15) is 37.9 Å². The first-order valence-corrected chi connectivity index (χ1v) is 7.70. The van der Waals surface area contributed by atoms with Crippen molar-refractivity contribution in [3.63, 3.8) is 0 Å². The van der Waals surface area contributed by atoms with Crippen molar-refractivity contribution in [2.45, 2.75) is 33.1 Å². The van der Waals surface area contributed by atoms with Gasteiger partial charge >= 0.3 is 0 Å². The van der Waals surface area contributed by atoms with Gasteiger partial charge in [0, 0.05) is 12.7 Å². The number of rotatable bonds is 3. The van der Waals surface area contributed by atoms with Crippen LogP contribution in [0.25, 0.3) is 16.9 Å². The van der Waals surface area contributed by atoms with Gasteiger partial charge in [-0.05, 0) is 42.3 Å². The summed E-state index contributed by atoms with van der Waals surface area (Å²) in [6.45, 7) is 6.50. The second-order valence-electron chi connectivity index (χ2n) is 5.63. The molecule has 0 saturated carbocycles. The Morgan fingerprint density at radius 1 is 1.24 bits per heavy atom. The van der Waals surface area contributed by atoms with E-state index in [1.807, 2.05) is 11.7 Å². The van der Waals surface area contributed by atoms with E-state index in [-0.39, 0.29) is 0 Å². The predicted molar refractivity (Wildman–Crippen MR) is 88.7 cm³/mol. The fourth-order valence-electron chi connectivity index (χ4n) is 2.71. The summed E-state index contributed by atoms with van der Waals surface area (Å²) in [5.41, 5.74) is 5.51. The zero-order valence-electron chi connectivity index (χ0n) is 12.8. The fourth-order valence-corrected chi connectivity index (χ4v) is 3.00. The van der Waals surface area contributed by atoms with Crippen molar-refractivity contribution in [2.75, 3.05) is 0 Å². The van der Waals surface area contributed by atoms with E-state index in [1.165, 1.54) is 5.56 Å². The van der Waals surface area contributed by atoms with Gasteiger partial charge in [-0.3, -0.25) is 4.57 Å². The lowest BCUT2D eigenvalue weighted by Gasteiger charge is -2.08. The van der Waals surface area contributed by atoms with Gasteiger partial charge in [-0.2, -0.15) is 5.10 Å². The van der Waals surface area contributed by atoms with E-state index in [9.17, 15) is 0 Å². The summed E-state index contributed by atoms with van der Waals surface area (Å²) in [5, 5.41) is 4.56. The molecule has 0 bridgehead atoms. The number of hydrogen-bond acceptors (Lipinski definition) is 2. The smallest absolute Gasteiger partial charge is 0.184 e. The largest absolute Gasteiger partial charge is 0.327 e. The van der Waals surface area contributed by atoms with Crippen molar-refractivity contribution in [2.24, 2.45) is 7.05 Å². The second kappa shape index (κ2) is 5.15. The molecular formula is C16H20N4S. The zero-order chi connectivity index (χ0) is 15.1. The van der Waals surface area contributed by atoms with Crippen LogP contribution in [0.3, 0.4) is 0 Å². The average Bonchev–Trinajstić information content (AvgIpc) is 2.95. The SMILES string of the molecule is CCc1nn(C)c2c1[nH]c(=S)n2-c1ccc(C(C)C)cc1. The quantitative estimate of drug-likeness (QED) is 0.739. The first-order valence-electron chi connectivity index (χ1n) is 7.29. The molecule has 0 aliphatic heterocycles. The lowest BCUT2D eigenvalue weighted by Crippen LogP contribution is -2.01. The first kappa shape index (κ1) is 14.1. The van der Waals surface area contributed by atoms with Crippen molar-refractivity contribution >= 4 is 23.4 Å². The van der Waals surface area contributed by atoms with Crippen molar-refractivity contribution in [3.05, 3.63) is 40.3 Å². The molecule has 0 radical (unpaired) electrons. The van der Waals surface area contributed by atoms with E-state index in [0.29, 0.717) is 10.7 Å². The lowest BCUT2D eigenvalue weighted by molar-refractivity contribution is 0.748. The number of H-pyrrole nitrogens is 1. The molecule has 2 heterocycles. The standard InChI is InChI=1S/C16H20N4S/c1-5-13-14-15(19(4)18-13)20(16(21)17-14)12-8-6-11(7-9-12)10(2)3/h6-10H,5H2,1-4H3,(H,17,21). The molecule has 0 amide bonds. The molecule has 21 heavy (non-hydrogen) atoms. The minimum atomic E-state index is 0.529. The van der Waals surface area contributed by atoms with Crippen LogP contribution in [0.2, 0.25) is 0 Å². The van der Waals surface area contributed by atoms with E-state index in [1.54, 1.807) is 0 Å². The van der Waals surface area contributed by atoms with Gasteiger partial charge in [0.1, 0.15) is 5.52 Å². The Labute approximate surface area is 129 Å². The first-order chi connectivity index (χ1) is 10.0. The summed E-state index contributed by atoms with van der Waals surface area (Å²) in [7, 11) is 1.96. The summed E-state index contributed by atoms with van der Waals surface area (Å²) in [5.74, 6) is 0.529. The predicted octanol–water partition coefficient (Wildman–Crippen LogP) is 4.11. The molecule has 5 heteroatoms. The molecule has 1 aromatic carbocycles. The topological polar surface area (TPSA) is 38.5 Å². The Morgan fingerprint density at radius 3 is 2.48 bits per heavy atom. The van der Waals surface area contributed by atoms with Gasteiger partial charge in [0.05, 0.1) is 5.69 Å². The van der Waals surface area contributed by atoms with Gasteiger partial charge < -0.3 is 4.98 Å². The highest BCUT2D eigenvalue weighted by Crippen LogP contribution is 2.23. The molecule has 4 nitrogen and oxygen atoms in total. The van der Waals surface area contributed by atoms with E-state index in [0.717, 1.165) is 29.0 Å². The Morgan fingerprint density at radius 2 is 1.90 bits per heavy atom. The molecule has 0 aliphatic rings. The molecule has 0 spiro atoms. The van der Waals surface area contributed by atoms with E-state index in [2.05, 4.69) is 59.7 Å². The number of aromatic nitrogens is 4. The van der Waals surface area contributed by atoms with Crippen LogP contribution in [-0.4, -0.2) is 19.3 Å². The minimum Gasteiger partial charge on any atom is -0.327 e. The van der Waals surface area contributed by atoms with E-state index < -0.39 is 0 Å². The maximum absolute atomic E-state index is 5.51. The number of imidazole rings is 1. The molecule has 0 unspecified atom stereocenters. The monoisotopic (exact) mass is 300 g/mol. The van der Waals surface area contributed by atoms with Crippen LogP contribution in [0.4, 0.5) is 0 Å². The van der Waals surface area contributed by atoms with Crippen molar-refractivity contribution in [1.29, 1.82) is 0 Å². The third-order valence-electron chi connectivity index (χ3n) is 3.89. The lowest BCUT2D eigenvalue weighted by atomic mass is 10.0. The number of benzene rings is 1. The maximum Gasteiger partial charge on any atom is 0.184 e. The highest BCUT2D eigenvalue weighted by atomic mass is 32.1. The molecule has 2 aromatic heterocycles. The number of fused-ring (bicyclic) bond motifs is 1. The number of nitrogens with one attached hydrogen (secondary N) is 1. The minimum absolute atomic E-state index is 0.529. The van der Waals surface area contributed by atoms with Gasteiger partial charge in [0.15, 0.2) is 10.4 Å². The molecule has 110 valence electrons. The van der Waals surface area contributed by atoms with Crippen molar-refractivity contribution < 1.29 is 0 Å². The highest BCUT2D eigenvalue weighted by Gasteiger charge is 2.15. The summed E-state index contributed by atoms with van der Waals surface area (Å²) in [6.07, 6.45) is 0.888. The Hall–Kier alpha value is -1.88. The number of aryl methyl sites for hydroxylation is 2. The number of nitrogens with zero attached hydrogens (tertiary/aromatic N) is 3. The molecule has 3 rings (SSSR count). The maximum atomic E-state index is 5.51. The molecule has 0 fully saturated rings. The van der Waals surface area contributed by atoms with Gasteiger partial charge in [-0.1, -0.05) is 32.9 Å². The Bertz CT molecular complexity index is 834. The van der Waals surface area contributed by atoms with Crippen LogP contribution in [0.15, 0.2) is 24.3 Å². The van der Waals surface area contributed by atoms with Gasteiger partial charge in [-0.15, -0.1) is 0 Å². The summed E-state index contributed by atoms with van der Waals surface area (Å²) >= 11 is 5.51. The van der Waals surface area contributed by atoms with Crippen LogP contribution in [-0.2, 0) is 13.5 Å². The van der Waals surface area contributed by atoms with Gasteiger partial charge in [0.2, 0.25) is 0 Å². The van der Waals surface area contributed by atoms with Crippen LogP contribution < -0.4 is 0 Å². The van der Waals surface area contributed by atoms with Crippen LogP contribution in [0, 0.1) is 4.77 Å². The molecule has 0 aliphatic carbocycles. The fraction of sp³-hybridized carbons (Fsp3) is 0.375. The highest BCUT2D eigenvalue weighted by molar-refractivity contribution is 7.71. The molecule has 3 aromatic rings. The number of aromatic amines is 1. The zero-order valence-corrected chi connectivity index (χ0v) is 13.7. The number of hydrogen-bond donors (Lipinski definition) is 1. The van der Waals surface area contributed by atoms with Crippen molar-refractivity contribution in [1.82, 2.24) is 19.3 Å².